The van der Waals surface area contributed by atoms with Crippen LogP contribution in [0.2, 0.25) is 0 Å². The quantitative estimate of drug-likeness (QED) is 0.677. The van der Waals surface area contributed by atoms with E-state index in [9.17, 15) is 9.59 Å². The van der Waals surface area contributed by atoms with E-state index in [-0.39, 0.29) is 17.4 Å². The maximum atomic E-state index is 12.0. The highest BCUT2D eigenvalue weighted by atomic mass is 16.5. The molecule has 0 heterocycles. The van der Waals surface area contributed by atoms with Crippen LogP contribution < -0.4 is 9.47 Å². The van der Waals surface area contributed by atoms with Crippen molar-refractivity contribution in [3.8, 4) is 11.5 Å². The maximum absolute atomic E-state index is 12.0. The molecule has 0 saturated carbocycles. The second-order valence-electron chi connectivity index (χ2n) is 4.91. The van der Waals surface area contributed by atoms with E-state index in [0.29, 0.717) is 11.3 Å². The van der Waals surface area contributed by atoms with E-state index < -0.39 is 11.9 Å². The van der Waals surface area contributed by atoms with Crippen molar-refractivity contribution in [3.05, 3.63) is 59.7 Å². The van der Waals surface area contributed by atoms with Crippen molar-refractivity contribution in [3.63, 3.8) is 0 Å². The van der Waals surface area contributed by atoms with Crippen LogP contribution in [0.25, 0.3) is 0 Å². The van der Waals surface area contributed by atoms with E-state index in [1.807, 2.05) is 13.8 Å². The Hall–Kier alpha value is -2.82. The van der Waals surface area contributed by atoms with E-state index in [0.717, 1.165) is 0 Å². The van der Waals surface area contributed by atoms with Gasteiger partial charge in [-0.2, -0.15) is 0 Å². The number of esters is 1. The summed E-state index contributed by atoms with van der Waals surface area (Å²) >= 11 is 0. The average molecular weight is 300 g/mol. The van der Waals surface area contributed by atoms with Crippen LogP contribution in [0.5, 0.6) is 11.5 Å². The van der Waals surface area contributed by atoms with E-state index in [4.69, 9.17) is 14.6 Å². The van der Waals surface area contributed by atoms with Gasteiger partial charge in [0.2, 0.25) is 0 Å². The van der Waals surface area contributed by atoms with Gasteiger partial charge in [-0.05, 0) is 56.3 Å². The van der Waals surface area contributed by atoms with Gasteiger partial charge in [0.05, 0.1) is 17.2 Å². The fourth-order valence-electron chi connectivity index (χ4n) is 1.80. The zero-order valence-corrected chi connectivity index (χ0v) is 12.3. The zero-order valence-electron chi connectivity index (χ0n) is 12.3. The molecule has 0 spiro atoms. The van der Waals surface area contributed by atoms with Crippen molar-refractivity contribution in [2.75, 3.05) is 0 Å². The largest absolute Gasteiger partial charge is 0.491 e. The van der Waals surface area contributed by atoms with Crippen LogP contribution in [0.4, 0.5) is 0 Å². The molecular formula is C17H16O5. The Morgan fingerprint density at radius 2 is 1.64 bits per heavy atom. The topological polar surface area (TPSA) is 72.8 Å². The number of carbonyl (C=O) groups excluding carboxylic acids is 1. The first-order valence-corrected chi connectivity index (χ1v) is 6.78. The average Bonchev–Trinajstić information content (AvgIpc) is 2.47. The van der Waals surface area contributed by atoms with Gasteiger partial charge in [0.1, 0.15) is 11.5 Å². The van der Waals surface area contributed by atoms with Crippen LogP contribution >= 0.6 is 0 Å². The smallest absolute Gasteiger partial charge is 0.343 e. The number of carbonyl (C=O) groups is 2. The zero-order chi connectivity index (χ0) is 16.1. The van der Waals surface area contributed by atoms with Crippen molar-refractivity contribution < 1.29 is 24.2 Å². The lowest BCUT2D eigenvalue weighted by atomic mass is 10.2. The summed E-state index contributed by atoms with van der Waals surface area (Å²) in [5.74, 6) is -0.779. The van der Waals surface area contributed by atoms with Gasteiger partial charge >= 0.3 is 11.9 Å². The maximum Gasteiger partial charge on any atom is 0.343 e. The van der Waals surface area contributed by atoms with Crippen molar-refractivity contribution in [1.29, 1.82) is 0 Å². The lowest BCUT2D eigenvalue weighted by Crippen LogP contribution is -2.10. The summed E-state index contributed by atoms with van der Waals surface area (Å²) in [5.41, 5.74) is 0.419. The number of rotatable bonds is 5. The first kappa shape index (κ1) is 15.6. The SMILES string of the molecule is CC(C)Oc1ccc(C(=O)Oc2cccc(C(=O)O)c2)cc1. The van der Waals surface area contributed by atoms with Gasteiger partial charge in [-0.25, -0.2) is 9.59 Å². The Labute approximate surface area is 128 Å². The molecule has 0 fully saturated rings. The molecule has 2 aromatic rings. The number of carboxylic acids is 1. The van der Waals surface area contributed by atoms with Crippen LogP contribution in [0.15, 0.2) is 48.5 Å². The number of aromatic carboxylic acids is 1. The van der Waals surface area contributed by atoms with Gasteiger partial charge in [-0.15, -0.1) is 0 Å². The predicted octanol–water partition coefficient (Wildman–Crippen LogP) is 3.39. The lowest BCUT2D eigenvalue weighted by molar-refractivity contribution is 0.0687. The molecule has 0 atom stereocenters. The molecule has 0 aliphatic heterocycles. The molecule has 0 radical (unpaired) electrons. The fraction of sp³-hybridized carbons (Fsp3) is 0.176. The summed E-state index contributed by atoms with van der Waals surface area (Å²) < 4.78 is 10.7. The third kappa shape index (κ3) is 4.09. The number of hydrogen-bond donors (Lipinski definition) is 1. The predicted molar refractivity (Wildman–Crippen MR) is 80.6 cm³/mol. The second-order valence-corrected chi connectivity index (χ2v) is 4.91. The third-order valence-corrected chi connectivity index (χ3v) is 2.75. The van der Waals surface area contributed by atoms with E-state index in [1.165, 1.54) is 24.3 Å². The standard InChI is InChI=1S/C17H16O5/c1-11(2)21-14-8-6-12(7-9-14)17(20)22-15-5-3-4-13(10-15)16(18)19/h3-11H,1-2H3,(H,18,19). The monoisotopic (exact) mass is 300 g/mol. The summed E-state index contributed by atoms with van der Waals surface area (Å²) in [6.07, 6.45) is 0.0524. The number of ether oxygens (including phenoxy) is 2. The van der Waals surface area contributed by atoms with Gasteiger partial charge < -0.3 is 14.6 Å². The Morgan fingerprint density at radius 3 is 2.23 bits per heavy atom. The van der Waals surface area contributed by atoms with Gasteiger partial charge in [0, 0.05) is 0 Å². The molecule has 0 saturated heterocycles. The van der Waals surface area contributed by atoms with Crippen molar-refractivity contribution in [2.45, 2.75) is 20.0 Å². The molecule has 2 rings (SSSR count). The molecule has 0 amide bonds. The first-order valence-electron chi connectivity index (χ1n) is 6.78. The van der Waals surface area contributed by atoms with Crippen molar-refractivity contribution >= 4 is 11.9 Å². The molecule has 5 nitrogen and oxygen atoms in total. The molecular weight excluding hydrogens is 284 g/mol. The molecule has 0 bridgehead atoms. The van der Waals surface area contributed by atoms with Crippen LogP contribution in [-0.2, 0) is 0 Å². The van der Waals surface area contributed by atoms with Gasteiger partial charge in [0.25, 0.3) is 0 Å². The molecule has 0 aliphatic rings. The Kier molecular flexibility index (Phi) is 4.78. The molecule has 5 heteroatoms. The highest BCUT2D eigenvalue weighted by Crippen LogP contribution is 2.18. The van der Waals surface area contributed by atoms with Gasteiger partial charge in [0.15, 0.2) is 0 Å². The summed E-state index contributed by atoms with van der Waals surface area (Å²) in [7, 11) is 0. The summed E-state index contributed by atoms with van der Waals surface area (Å²) in [5, 5.41) is 8.91. The second kappa shape index (κ2) is 6.76. The third-order valence-electron chi connectivity index (χ3n) is 2.75. The van der Waals surface area contributed by atoms with E-state index in [2.05, 4.69) is 0 Å². The van der Waals surface area contributed by atoms with Crippen LogP contribution in [0.3, 0.4) is 0 Å². The fourth-order valence-corrected chi connectivity index (χ4v) is 1.80. The minimum atomic E-state index is -1.08. The molecule has 1 N–H and O–H groups in total. The first-order chi connectivity index (χ1) is 10.5. The molecule has 0 aliphatic carbocycles. The van der Waals surface area contributed by atoms with Crippen LogP contribution in [0, 0.1) is 0 Å². The molecule has 2 aromatic carbocycles. The number of carboxylic acid groups (broad SMARTS) is 1. The molecule has 0 unspecified atom stereocenters. The van der Waals surface area contributed by atoms with Crippen LogP contribution in [-0.4, -0.2) is 23.1 Å². The van der Waals surface area contributed by atoms with Gasteiger partial charge in [-0.1, -0.05) is 6.07 Å². The molecule has 0 aromatic heterocycles. The minimum absolute atomic E-state index is 0.0524. The minimum Gasteiger partial charge on any atom is -0.491 e. The highest BCUT2D eigenvalue weighted by Gasteiger charge is 2.11. The van der Waals surface area contributed by atoms with Gasteiger partial charge in [-0.3, -0.25) is 0 Å². The molecule has 22 heavy (non-hydrogen) atoms. The van der Waals surface area contributed by atoms with Crippen molar-refractivity contribution in [2.24, 2.45) is 0 Å². The Balaban J connectivity index is 2.08. The summed E-state index contributed by atoms with van der Waals surface area (Å²) in [4.78, 5) is 22.9. The number of benzene rings is 2. The summed E-state index contributed by atoms with van der Waals surface area (Å²) in [6.45, 7) is 3.83. The Morgan fingerprint density at radius 1 is 0.955 bits per heavy atom. The Bertz CT molecular complexity index is 674. The lowest BCUT2D eigenvalue weighted by Gasteiger charge is -2.10. The number of hydrogen-bond acceptors (Lipinski definition) is 4. The molecule has 114 valence electrons. The van der Waals surface area contributed by atoms with E-state index in [1.54, 1.807) is 24.3 Å². The van der Waals surface area contributed by atoms with E-state index >= 15 is 0 Å². The van der Waals surface area contributed by atoms with Crippen molar-refractivity contribution in [1.82, 2.24) is 0 Å². The normalized spacial score (nSPS) is 10.3. The highest BCUT2D eigenvalue weighted by molar-refractivity contribution is 5.92. The van der Waals surface area contributed by atoms with Crippen LogP contribution in [0.1, 0.15) is 34.6 Å². The summed E-state index contributed by atoms with van der Waals surface area (Å²) in [6, 6.07) is 12.3.